The van der Waals surface area contributed by atoms with Crippen LogP contribution in [0.2, 0.25) is 0 Å². The number of aliphatic hydroxyl groups is 2. The summed E-state index contributed by atoms with van der Waals surface area (Å²) in [6, 6.07) is 2.34. The maximum absolute atomic E-state index is 14.4. The highest BCUT2D eigenvalue weighted by Crippen LogP contribution is 2.35. The van der Waals surface area contributed by atoms with E-state index in [2.05, 4.69) is 21.2 Å². The molecule has 26 heavy (non-hydrogen) atoms. The molecule has 1 aromatic carbocycles. The summed E-state index contributed by atoms with van der Waals surface area (Å²) in [7, 11) is 0. The van der Waals surface area contributed by atoms with Crippen molar-refractivity contribution < 1.29 is 19.4 Å². The van der Waals surface area contributed by atoms with Crippen molar-refractivity contribution in [1.82, 2.24) is 10.2 Å². The number of hydrogen-bond acceptors (Lipinski definition) is 4. The Kier molecular flexibility index (Phi) is 6.33. The lowest BCUT2D eigenvalue weighted by Gasteiger charge is -2.37. The van der Waals surface area contributed by atoms with Crippen LogP contribution in [0, 0.1) is 5.82 Å². The molecular formula is C19H26BrFN2O3. The number of nitrogens with zero attached hydrogens (tertiary/aromatic N) is 1. The van der Waals surface area contributed by atoms with Crippen LogP contribution in [-0.4, -0.2) is 52.9 Å². The van der Waals surface area contributed by atoms with Gasteiger partial charge in [-0.3, -0.25) is 4.79 Å². The van der Waals surface area contributed by atoms with Gasteiger partial charge in [-0.15, -0.1) is 0 Å². The zero-order valence-electron chi connectivity index (χ0n) is 14.8. The molecule has 5 nitrogen and oxygen atoms in total. The molecule has 1 atom stereocenters. The lowest BCUT2D eigenvalue weighted by Crippen LogP contribution is -2.49. The molecule has 1 aliphatic carbocycles. The lowest BCUT2D eigenvalue weighted by atomic mass is 9.85. The highest BCUT2D eigenvalue weighted by Gasteiger charge is 2.34. The number of benzene rings is 1. The number of rotatable bonds is 5. The number of amides is 1. The van der Waals surface area contributed by atoms with Gasteiger partial charge < -0.3 is 20.4 Å². The van der Waals surface area contributed by atoms with Gasteiger partial charge in [0.2, 0.25) is 5.91 Å². The number of aliphatic hydroxyl groups excluding tert-OH is 1. The normalized spacial score (nSPS) is 22.2. The van der Waals surface area contributed by atoms with Gasteiger partial charge in [-0.05, 0) is 37.0 Å². The summed E-state index contributed by atoms with van der Waals surface area (Å²) in [5.74, 6) is -0.585. The molecule has 3 rings (SSSR count). The van der Waals surface area contributed by atoms with Crippen molar-refractivity contribution in [2.75, 3.05) is 26.2 Å². The molecule has 1 fully saturated rings. The average Bonchev–Trinajstić information content (AvgIpc) is 2.64. The first-order chi connectivity index (χ1) is 12.4. The van der Waals surface area contributed by atoms with Crippen LogP contribution < -0.4 is 5.32 Å². The van der Waals surface area contributed by atoms with Crippen molar-refractivity contribution in [2.45, 2.75) is 50.2 Å². The van der Waals surface area contributed by atoms with Crippen LogP contribution in [0.15, 0.2) is 16.6 Å². The smallest absolute Gasteiger partial charge is 0.237 e. The topological polar surface area (TPSA) is 72.8 Å². The number of halogens is 2. The second-order valence-electron chi connectivity index (χ2n) is 7.35. The number of nitrogens with one attached hydrogen (secondary N) is 1. The Bertz CT molecular complexity index is 664. The molecule has 0 bridgehead atoms. The van der Waals surface area contributed by atoms with Crippen LogP contribution in [0.4, 0.5) is 4.39 Å². The minimum absolute atomic E-state index is 0.0732. The number of carbonyl (C=O) groups is 1. The van der Waals surface area contributed by atoms with Crippen LogP contribution in [0.3, 0.4) is 0 Å². The van der Waals surface area contributed by atoms with Gasteiger partial charge in [0.25, 0.3) is 0 Å². The Labute approximate surface area is 161 Å². The van der Waals surface area contributed by atoms with Crippen molar-refractivity contribution in [2.24, 2.45) is 0 Å². The minimum atomic E-state index is -0.736. The number of fused-ring (bicyclic) bond motifs is 1. The molecule has 7 heteroatoms. The summed E-state index contributed by atoms with van der Waals surface area (Å²) in [6.07, 6.45) is 5.21. The van der Waals surface area contributed by atoms with Gasteiger partial charge in [0.05, 0.1) is 24.8 Å². The zero-order valence-corrected chi connectivity index (χ0v) is 16.4. The molecular weight excluding hydrogens is 403 g/mol. The molecule has 0 saturated heterocycles. The standard InChI is InChI=1S/C19H26BrFN2O3/c20-14-4-5-15(21)18-13(14)6-9-23(16(18)11-24)17(25)10-22-12-19(26)7-2-1-3-8-19/h4-5,16,22,24,26H,1-3,6-12H2. The van der Waals surface area contributed by atoms with E-state index in [0.717, 1.165) is 42.1 Å². The summed E-state index contributed by atoms with van der Waals surface area (Å²) < 4.78 is 15.2. The maximum atomic E-state index is 14.4. The molecule has 3 N–H and O–H groups in total. The number of hydrogen-bond donors (Lipinski definition) is 3. The predicted molar refractivity (Wildman–Crippen MR) is 100 cm³/mol. The summed E-state index contributed by atoms with van der Waals surface area (Å²) in [5.41, 5.74) is 0.477. The maximum Gasteiger partial charge on any atom is 0.237 e. The molecule has 1 amide bonds. The lowest BCUT2D eigenvalue weighted by molar-refractivity contribution is -0.134. The largest absolute Gasteiger partial charge is 0.394 e. The van der Waals surface area contributed by atoms with Gasteiger partial charge >= 0.3 is 0 Å². The van der Waals surface area contributed by atoms with Crippen molar-refractivity contribution in [3.63, 3.8) is 0 Å². The summed E-state index contributed by atoms with van der Waals surface area (Å²) in [4.78, 5) is 14.2. The second-order valence-corrected chi connectivity index (χ2v) is 8.20. The third-order valence-corrected chi connectivity index (χ3v) is 6.31. The van der Waals surface area contributed by atoms with E-state index in [4.69, 9.17) is 0 Å². The van der Waals surface area contributed by atoms with Crippen LogP contribution in [0.1, 0.15) is 49.3 Å². The Morgan fingerprint density at radius 1 is 1.35 bits per heavy atom. The van der Waals surface area contributed by atoms with Crippen molar-refractivity contribution >= 4 is 21.8 Å². The quantitative estimate of drug-likeness (QED) is 0.672. The van der Waals surface area contributed by atoms with Crippen molar-refractivity contribution in [3.8, 4) is 0 Å². The fourth-order valence-corrected chi connectivity index (χ4v) is 4.69. The van der Waals surface area contributed by atoms with Gasteiger partial charge in [0, 0.05) is 23.1 Å². The SMILES string of the molecule is O=C(CNCC1(O)CCCCC1)N1CCc2c(Br)ccc(F)c2C1CO. The summed E-state index contributed by atoms with van der Waals surface area (Å²) in [5, 5.41) is 23.4. The van der Waals surface area contributed by atoms with Crippen LogP contribution >= 0.6 is 15.9 Å². The van der Waals surface area contributed by atoms with Crippen LogP contribution in [0.25, 0.3) is 0 Å². The Balaban J connectivity index is 1.65. The van der Waals surface area contributed by atoms with E-state index in [0.29, 0.717) is 25.1 Å². The molecule has 0 spiro atoms. The van der Waals surface area contributed by atoms with E-state index in [9.17, 15) is 19.4 Å². The average molecular weight is 429 g/mol. The van der Waals surface area contributed by atoms with Gasteiger partial charge in [-0.25, -0.2) is 4.39 Å². The van der Waals surface area contributed by atoms with Crippen LogP contribution in [-0.2, 0) is 11.2 Å². The molecule has 1 aliphatic heterocycles. The van der Waals surface area contributed by atoms with E-state index in [1.165, 1.54) is 11.0 Å². The molecule has 2 aliphatic rings. The fraction of sp³-hybridized carbons (Fsp3) is 0.632. The summed E-state index contributed by atoms with van der Waals surface area (Å²) >= 11 is 3.43. The Morgan fingerprint density at radius 3 is 2.77 bits per heavy atom. The molecule has 144 valence electrons. The van der Waals surface area contributed by atoms with Crippen LogP contribution in [0.5, 0.6) is 0 Å². The fourth-order valence-electron chi connectivity index (χ4n) is 4.15. The van der Waals surface area contributed by atoms with E-state index in [-0.39, 0.29) is 19.1 Å². The molecule has 0 radical (unpaired) electrons. The predicted octanol–water partition coefficient (Wildman–Crippen LogP) is 2.29. The molecule has 1 saturated carbocycles. The van der Waals surface area contributed by atoms with Gasteiger partial charge in [0.15, 0.2) is 0 Å². The van der Waals surface area contributed by atoms with E-state index in [1.54, 1.807) is 6.07 Å². The third-order valence-electron chi connectivity index (χ3n) is 5.57. The number of carbonyl (C=O) groups excluding carboxylic acids is 1. The highest BCUT2D eigenvalue weighted by molar-refractivity contribution is 9.10. The minimum Gasteiger partial charge on any atom is -0.394 e. The molecule has 1 aromatic rings. The molecule has 1 heterocycles. The monoisotopic (exact) mass is 428 g/mol. The van der Waals surface area contributed by atoms with Crippen molar-refractivity contribution in [3.05, 3.63) is 33.5 Å². The Hall–Kier alpha value is -1.02. The van der Waals surface area contributed by atoms with Gasteiger partial charge in [-0.1, -0.05) is 35.2 Å². The van der Waals surface area contributed by atoms with Crippen molar-refractivity contribution in [1.29, 1.82) is 0 Å². The first-order valence-electron chi connectivity index (χ1n) is 9.25. The van der Waals surface area contributed by atoms with E-state index in [1.807, 2.05) is 0 Å². The van der Waals surface area contributed by atoms with Gasteiger partial charge in [0.1, 0.15) is 5.82 Å². The molecule has 1 unspecified atom stereocenters. The zero-order chi connectivity index (χ0) is 18.7. The summed E-state index contributed by atoms with van der Waals surface area (Å²) in [6.45, 7) is 0.567. The van der Waals surface area contributed by atoms with Gasteiger partial charge in [-0.2, -0.15) is 0 Å². The first-order valence-corrected chi connectivity index (χ1v) is 10.0. The Morgan fingerprint density at radius 2 is 2.08 bits per heavy atom. The first kappa shape index (κ1) is 19.7. The van der Waals surface area contributed by atoms with E-state index < -0.39 is 17.5 Å². The highest BCUT2D eigenvalue weighted by atomic mass is 79.9. The molecule has 0 aromatic heterocycles. The second kappa shape index (κ2) is 8.33. The third kappa shape index (κ3) is 4.11. The van der Waals surface area contributed by atoms with E-state index >= 15 is 0 Å².